The summed E-state index contributed by atoms with van der Waals surface area (Å²) in [6.45, 7) is 2.85. The molecule has 0 aliphatic carbocycles. The van der Waals surface area contributed by atoms with Crippen LogP contribution in [-0.4, -0.2) is 67.8 Å². The average Bonchev–Trinajstić information content (AvgIpc) is 3.05. The van der Waals surface area contributed by atoms with E-state index >= 15 is 0 Å². The number of aromatic nitrogens is 1. The highest BCUT2D eigenvalue weighted by Gasteiger charge is 2.29. The molecule has 1 aliphatic rings. The molecule has 0 bridgehead atoms. The molecule has 0 atom stereocenters. The van der Waals surface area contributed by atoms with E-state index in [2.05, 4.69) is 10.3 Å². The number of carbonyl (C=O) groups is 1. The second-order valence-corrected chi connectivity index (χ2v) is 9.86. The highest BCUT2D eigenvalue weighted by molar-refractivity contribution is 7.89. The molecule has 2 heterocycles. The number of para-hydroxylation sites is 1. The lowest BCUT2D eigenvalue weighted by atomic mass is 10.1. The first kappa shape index (κ1) is 22.4. The number of pyridine rings is 1. The molecular weight excluding hydrogens is 424 g/mol. The van der Waals surface area contributed by atoms with Gasteiger partial charge in [0, 0.05) is 37.8 Å². The highest BCUT2D eigenvalue weighted by atomic mass is 32.2. The Bertz CT molecular complexity index is 1160. The molecule has 3 aromatic rings. The van der Waals surface area contributed by atoms with Gasteiger partial charge in [0.15, 0.2) is 0 Å². The largest absolute Gasteiger partial charge is 0.355 e. The lowest BCUT2D eigenvalue weighted by Crippen LogP contribution is -2.40. The Labute approximate surface area is 189 Å². The summed E-state index contributed by atoms with van der Waals surface area (Å²) in [6.07, 6.45) is 3.08. The normalized spacial score (nSPS) is 16.0. The maximum absolute atomic E-state index is 13.3. The third-order valence-electron chi connectivity index (χ3n) is 5.71. The van der Waals surface area contributed by atoms with Gasteiger partial charge in [0.1, 0.15) is 4.90 Å². The molecule has 8 heteroatoms. The van der Waals surface area contributed by atoms with Gasteiger partial charge in [-0.3, -0.25) is 14.7 Å². The van der Waals surface area contributed by atoms with Crippen LogP contribution in [0.1, 0.15) is 12.0 Å². The fourth-order valence-corrected chi connectivity index (χ4v) is 5.65. The summed E-state index contributed by atoms with van der Waals surface area (Å²) in [7, 11) is -3.67. The van der Waals surface area contributed by atoms with Crippen molar-refractivity contribution in [1.82, 2.24) is 19.5 Å². The lowest BCUT2D eigenvalue weighted by Gasteiger charge is -2.22. The molecule has 1 amide bonds. The summed E-state index contributed by atoms with van der Waals surface area (Å²) in [5.41, 5.74) is 1.68. The number of nitrogens with zero attached hydrogens (tertiary/aromatic N) is 3. The van der Waals surface area contributed by atoms with Crippen molar-refractivity contribution in [1.29, 1.82) is 0 Å². The molecule has 0 saturated carbocycles. The van der Waals surface area contributed by atoms with Gasteiger partial charge in [-0.05, 0) is 37.1 Å². The number of sulfonamides is 1. The predicted molar refractivity (Wildman–Crippen MR) is 125 cm³/mol. The quantitative estimate of drug-likeness (QED) is 0.595. The van der Waals surface area contributed by atoms with Gasteiger partial charge in [0.2, 0.25) is 15.9 Å². The van der Waals surface area contributed by atoms with E-state index in [1.54, 1.807) is 24.4 Å². The van der Waals surface area contributed by atoms with Crippen molar-refractivity contribution in [2.75, 3.05) is 39.3 Å². The summed E-state index contributed by atoms with van der Waals surface area (Å²) in [4.78, 5) is 18.9. The van der Waals surface area contributed by atoms with Crippen molar-refractivity contribution in [2.45, 2.75) is 17.7 Å². The van der Waals surface area contributed by atoms with Crippen LogP contribution in [0, 0.1) is 0 Å². The third kappa shape index (κ3) is 5.32. The zero-order valence-corrected chi connectivity index (χ0v) is 18.8. The monoisotopic (exact) mass is 452 g/mol. The van der Waals surface area contributed by atoms with Crippen LogP contribution in [0.2, 0.25) is 0 Å². The predicted octanol–water partition coefficient (Wildman–Crippen LogP) is 2.29. The molecule has 1 aliphatic heterocycles. The van der Waals surface area contributed by atoms with E-state index in [0.29, 0.717) is 44.7 Å². The van der Waals surface area contributed by atoms with Gasteiger partial charge in [-0.25, -0.2) is 8.42 Å². The van der Waals surface area contributed by atoms with Crippen LogP contribution in [0.3, 0.4) is 0 Å². The fraction of sp³-hybridized carbons (Fsp3) is 0.333. The molecule has 0 radical (unpaired) electrons. The number of hydrogen-bond acceptors (Lipinski definition) is 5. The van der Waals surface area contributed by atoms with Crippen molar-refractivity contribution >= 4 is 26.8 Å². The Morgan fingerprint density at radius 3 is 2.59 bits per heavy atom. The molecule has 32 heavy (non-hydrogen) atoms. The molecule has 2 aromatic carbocycles. The number of benzene rings is 2. The van der Waals surface area contributed by atoms with E-state index in [1.807, 2.05) is 47.4 Å². The standard InChI is InChI=1S/C24H28N4O3S/c29-23(25-14-12-20-7-2-1-3-8-20)19-27-15-6-16-28(18-17-27)32(30,31)22-11-4-9-21-10-5-13-26-24(21)22/h1-5,7-11,13H,6,12,14-19H2,(H,25,29). The molecule has 0 spiro atoms. The zero-order chi connectivity index (χ0) is 22.4. The van der Waals surface area contributed by atoms with Gasteiger partial charge in [0.05, 0.1) is 12.1 Å². The van der Waals surface area contributed by atoms with E-state index in [-0.39, 0.29) is 17.3 Å². The summed E-state index contributed by atoms with van der Waals surface area (Å²) < 4.78 is 28.2. The van der Waals surface area contributed by atoms with Crippen molar-refractivity contribution in [2.24, 2.45) is 0 Å². The number of amides is 1. The van der Waals surface area contributed by atoms with Gasteiger partial charge in [-0.1, -0.05) is 48.5 Å². The van der Waals surface area contributed by atoms with E-state index in [9.17, 15) is 13.2 Å². The minimum Gasteiger partial charge on any atom is -0.355 e. The zero-order valence-electron chi connectivity index (χ0n) is 18.0. The summed E-state index contributed by atoms with van der Waals surface area (Å²) in [5.74, 6) is -0.0320. The number of hydrogen-bond donors (Lipinski definition) is 1. The summed E-state index contributed by atoms with van der Waals surface area (Å²) >= 11 is 0. The first-order valence-corrected chi connectivity index (χ1v) is 12.3. The van der Waals surface area contributed by atoms with Crippen molar-refractivity contribution in [3.8, 4) is 0 Å². The SMILES string of the molecule is O=C(CN1CCCN(S(=O)(=O)c2cccc3cccnc23)CC1)NCCc1ccccc1. The molecular formula is C24H28N4O3S. The van der Waals surface area contributed by atoms with Gasteiger partial charge >= 0.3 is 0 Å². The van der Waals surface area contributed by atoms with Gasteiger partial charge in [-0.2, -0.15) is 4.31 Å². The second-order valence-electron chi connectivity index (χ2n) is 7.95. The minimum atomic E-state index is -3.67. The van der Waals surface area contributed by atoms with Crippen molar-refractivity contribution in [3.63, 3.8) is 0 Å². The Morgan fingerprint density at radius 1 is 0.938 bits per heavy atom. The molecule has 0 unspecified atom stereocenters. The average molecular weight is 453 g/mol. The van der Waals surface area contributed by atoms with E-state index in [4.69, 9.17) is 0 Å². The van der Waals surface area contributed by atoms with Gasteiger partial charge < -0.3 is 5.32 Å². The lowest BCUT2D eigenvalue weighted by molar-refractivity contribution is -0.122. The van der Waals surface area contributed by atoms with Crippen LogP contribution < -0.4 is 5.32 Å². The van der Waals surface area contributed by atoms with Crippen LogP contribution in [0.5, 0.6) is 0 Å². The molecule has 168 valence electrons. The van der Waals surface area contributed by atoms with Crippen LogP contribution in [-0.2, 0) is 21.2 Å². The Morgan fingerprint density at radius 2 is 1.75 bits per heavy atom. The Kier molecular flexibility index (Phi) is 7.14. The number of carbonyl (C=O) groups excluding carboxylic acids is 1. The maximum atomic E-state index is 13.3. The van der Waals surface area contributed by atoms with Crippen molar-refractivity contribution in [3.05, 3.63) is 72.4 Å². The van der Waals surface area contributed by atoms with E-state index < -0.39 is 10.0 Å². The van der Waals surface area contributed by atoms with Crippen molar-refractivity contribution < 1.29 is 13.2 Å². The first-order valence-electron chi connectivity index (χ1n) is 10.9. The van der Waals surface area contributed by atoms with E-state index in [0.717, 1.165) is 11.8 Å². The number of nitrogens with one attached hydrogen (secondary N) is 1. The molecule has 7 nitrogen and oxygen atoms in total. The first-order chi connectivity index (χ1) is 15.5. The molecule has 1 saturated heterocycles. The van der Waals surface area contributed by atoms with Gasteiger partial charge in [-0.15, -0.1) is 0 Å². The third-order valence-corrected chi connectivity index (χ3v) is 7.64. The van der Waals surface area contributed by atoms with E-state index in [1.165, 1.54) is 9.87 Å². The molecule has 1 N–H and O–H groups in total. The molecule has 1 fully saturated rings. The Balaban J connectivity index is 1.34. The number of fused-ring (bicyclic) bond motifs is 1. The number of rotatable bonds is 7. The van der Waals surface area contributed by atoms with Crippen LogP contribution >= 0.6 is 0 Å². The van der Waals surface area contributed by atoms with Crippen LogP contribution in [0.15, 0.2) is 71.8 Å². The molecule has 4 rings (SSSR count). The summed E-state index contributed by atoms with van der Waals surface area (Å²) in [6, 6.07) is 18.9. The van der Waals surface area contributed by atoms with Gasteiger partial charge in [0.25, 0.3) is 0 Å². The topological polar surface area (TPSA) is 82.6 Å². The summed E-state index contributed by atoms with van der Waals surface area (Å²) in [5, 5.41) is 3.77. The maximum Gasteiger partial charge on any atom is 0.245 e. The second kappa shape index (κ2) is 10.2. The van der Waals surface area contributed by atoms with Crippen LogP contribution in [0.4, 0.5) is 0 Å². The fourth-order valence-electron chi connectivity index (χ4n) is 4.02. The Hall–Kier alpha value is -2.81. The highest BCUT2D eigenvalue weighted by Crippen LogP contribution is 2.24. The molecule has 1 aromatic heterocycles. The smallest absolute Gasteiger partial charge is 0.245 e. The minimum absolute atomic E-state index is 0.0320. The van der Waals surface area contributed by atoms with Crippen LogP contribution in [0.25, 0.3) is 10.9 Å².